The van der Waals surface area contributed by atoms with Gasteiger partial charge in [0.25, 0.3) is 0 Å². The number of rotatable bonds is 7. The van der Waals surface area contributed by atoms with Gasteiger partial charge in [-0.1, -0.05) is 179 Å². The maximum Gasteiger partial charge on any atom is 0.242 e. The third kappa shape index (κ3) is 5.44. The van der Waals surface area contributed by atoms with Crippen molar-refractivity contribution >= 4 is 72.9 Å². The number of ether oxygens (including phenoxy) is 1. The molecule has 0 unspecified atom stereocenters. The van der Waals surface area contributed by atoms with E-state index in [4.69, 9.17) is 9.15 Å². The SMILES string of the molecule is Cc1ccccc1B(c1ccccc1C)c1ccc2c3c(cccc13)Oc1cc(N(c3ccccc3-c3ccccc3)c3cccc4c3oc3ccccc34)ccc1-2. The molecule has 3 nitrogen and oxygen atoms in total. The molecule has 10 aromatic rings. The second-order valence-electron chi connectivity index (χ2n) is 15.3. The summed E-state index contributed by atoms with van der Waals surface area (Å²) in [5.41, 5.74) is 15.6. The van der Waals surface area contributed by atoms with E-state index in [1.807, 2.05) is 12.1 Å². The van der Waals surface area contributed by atoms with Crippen LogP contribution in [0.15, 0.2) is 199 Å². The topological polar surface area (TPSA) is 25.6 Å². The van der Waals surface area contributed by atoms with E-state index in [1.165, 1.54) is 38.5 Å². The molecular weight excluding hydrogens is 705 g/mol. The molecular formula is C54H38BNO2. The fourth-order valence-corrected chi connectivity index (χ4v) is 9.20. The molecule has 58 heavy (non-hydrogen) atoms. The Kier molecular flexibility index (Phi) is 8.04. The average Bonchev–Trinajstić information content (AvgIpc) is 3.66. The molecule has 4 heteroatoms. The molecule has 1 aromatic heterocycles. The van der Waals surface area contributed by atoms with Gasteiger partial charge in [0.1, 0.15) is 17.1 Å². The van der Waals surface area contributed by atoms with E-state index >= 15 is 0 Å². The summed E-state index contributed by atoms with van der Waals surface area (Å²) in [6.45, 7) is 4.51. The van der Waals surface area contributed by atoms with Gasteiger partial charge in [-0.2, -0.15) is 0 Å². The molecule has 274 valence electrons. The van der Waals surface area contributed by atoms with Gasteiger partial charge in [-0.15, -0.1) is 0 Å². The molecule has 0 saturated heterocycles. The second-order valence-corrected chi connectivity index (χ2v) is 15.3. The summed E-state index contributed by atoms with van der Waals surface area (Å²) in [6.07, 6.45) is 0. The van der Waals surface area contributed by atoms with Crippen LogP contribution in [0.1, 0.15) is 11.1 Å². The van der Waals surface area contributed by atoms with Gasteiger partial charge < -0.3 is 14.1 Å². The summed E-state index contributed by atoms with van der Waals surface area (Å²) in [5.74, 6) is 1.68. The summed E-state index contributed by atoms with van der Waals surface area (Å²) in [4.78, 5) is 2.32. The molecule has 0 atom stereocenters. The average molecular weight is 744 g/mol. The van der Waals surface area contributed by atoms with Gasteiger partial charge in [-0.25, -0.2) is 0 Å². The van der Waals surface area contributed by atoms with Crippen LogP contribution in [0.2, 0.25) is 0 Å². The monoisotopic (exact) mass is 743 g/mol. The van der Waals surface area contributed by atoms with Crippen molar-refractivity contribution in [3.05, 3.63) is 205 Å². The Labute approximate surface area is 338 Å². The molecule has 1 aliphatic rings. The zero-order valence-electron chi connectivity index (χ0n) is 32.3. The molecule has 0 bridgehead atoms. The van der Waals surface area contributed by atoms with Gasteiger partial charge >= 0.3 is 0 Å². The van der Waals surface area contributed by atoms with Gasteiger partial charge in [0, 0.05) is 33.4 Å². The number of benzene rings is 9. The highest BCUT2D eigenvalue weighted by molar-refractivity contribution is 6.97. The Hall–Kier alpha value is -7.30. The van der Waals surface area contributed by atoms with E-state index in [0.717, 1.165) is 72.6 Å². The van der Waals surface area contributed by atoms with Crippen molar-refractivity contribution in [1.29, 1.82) is 0 Å². The standard InChI is InChI=1S/C54H38BNO2/c1-35-16-6-10-24-45(35)55(46-25-11-7-17-36(46)2)47-33-32-42-41-31-30-38(34-52(41)57-51-29-15-23-44(47)53(42)51)56(48-26-12-8-20-39(48)37-18-4-3-5-19-37)49-27-14-22-43-40-21-9-13-28-50(40)58-54(43)49/h3-34H,1-2H3. The van der Waals surface area contributed by atoms with Crippen LogP contribution in [0, 0.1) is 13.8 Å². The fraction of sp³-hybridized carbons (Fsp3) is 0.0370. The molecule has 0 aliphatic carbocycles. The molecule has 11 rings (SSSR count). The molecule has 9 aromatic carbocycles. The van der Waals surface area contributed by atoms with Crippen LogP contribution in [0.4, 0.5) is 17.1 Å². The van der Waals surface area contributed by atoms with Crippen molar-refractivity contribution in [2.45, 2.75) is 13.8 Å². The highest BCUT2D eigenvalue weighted by Gasteiger charge is 2.30. The summed E-state index contributed by atoms with van der Waals surface area (Å²) in [7, 11) is 0. The van der Waals surface area contributed by atoms with Crippen LogP contribution in [0.5, 0.6) is 11.5 Å². The maximum atomic E-state index is 7.01. The minimum absolute atomic E-state index is 0.0645. The number of furan rings is 1. The number of anilines is 3. The number of hydrogen-bond acceptors (Lipinski definition) is 3. The fourth-order valence-electron chi connectivity index (χ4n) is 9.20. The highest BCUT2D eigenvalue weighted by Crippen LogP contribution is 2.50. The zero-order chi connectivity index (χ0) is 38.7. The molecule has 0 spiro atoms. The smallest absolute Gasteiger partial charge is 0.242 e. The van der Waals surface area contributed by atoms with Gasteiger partial charge in [0.05, 0.1) is 17.1 Å². The number of aryl methyl sites for hydroxylation is 2. The van der Waals surface area contributed by atoms with Gasteiger partial charge in [-0.05, 0) is 66.8 Å². The lowest BCUT2D eigenvalue weighted by Crippen LogP contribution is -2.54. The minimum atomic E-state index is 0.0645. The van der Waals surface area contributed by atoms with Crippen molar-refractivity contribution in [3.8, 4) is 33.8 Å². The van der Waals surface area contributed by atoms with Gasteiger partial charge in [-0.3, -0.25) is 0 Å². The summed E-state index contributed by atoms with van der Waals surface area (Å²) in [5, 5.41) is 4.53. The minimum Gasteiger partial charge on any atom is -0.456 e. The van der Waals surface area contributed by atoms with Crippen LogP contribution in [-0.2, 0) is 0 Å². The lowest BCUT2D eigenvalue weighted by molar-refractivity contribution is 0.487. The molecule has 0 N–H and O–H groups in total. The van der Waals surface area contributed by atoms with Crippen LogP contribution in [0.25, 0.3) is 55.0 Å². The Balaban J connectivity index is 1.11. The molecule has 0 amide bonds. The second kappa shape index (κ2) is 13.7. The third-order valence-electron chi connectivity index (χ3n) is 11.9. The maximum absolute atomic E-state index is 7.01. The lowest BCUT2D eigenvalue weighted by Gasteiger charge is -2.30. The van der Waals surface area contributed by atoms with Crippen LogP contribution in [-0.4, -0.2) is 6.71 Å². The lowest BCUT2D eigenvalue weighted by atomic mass is 9.35. The van der Waals surface area contributed by atoms with Crippen LogP contribution in [0.3, 0.4) is 0 Å². The van der Waals surface area contributed by atoms with Crippen molar-refractivity contribution in [2.75, 3.05) is 4.90 Å². The first-order valence-corrected chi connectivity index (χ1v) is 20.0. The predicted molar refractivity (Wildman–Crippen MR) is 244 cm³/mol. The van der Waals surface area contributed by atoms with Crippen molar-refractivity contribution in [2.24, 2.45) is 0 Å². The predicted octanol–water partition coefficient (Wildman–Crippen LogP) is 12.8. The number of fused-ring (bicyclic) bond motifs is 5. The van der Waals surface area contributed by atoms with E-state index in [9.17, 15) is 0 Å². The number of nitrogens with zero attached hydrogens (tertiary/aromatic N) is 1. The van der Waals surface area contributed by atoms with E-state index < -0.39 is 0 Å². The van der Waals surface area contributed by atoms with Crippen LogP contribution >= 0.6 is 0 Å². The Morgan fingerprint density at radius 3 is 1.88 bits per heavy atom. The Morgan fingerprint density at radius 1 is 0.431 bits per heavy atom. The highest BCUT2D eigenvalue weighted by atomic mass is 16.5. The number of para-hydroxylation sites is 3. The van der Waals surface area contributed by atoms with Crippen molar-refractivity contribution < 1.29 is 9.15 Å². The molecule has 0 fully saturated rings. The normalized spacial score (nSPS) is 11.8. The van der Waals surface area contributed by atoms with E-state index in [-0.39, 0.29) is 6.71 Å². The third-order valence-corrected chi connectivity index (χ3v) is 11.9. The molecule has 0 saturated carbocycles. The molecule has 1 aliphatic heterocycles. The first-order valence-electron chi connectivity index (χ1n) is 20.0. The molecule has 0 radical (unpaired) electrons. The van der Waals surface area contributed by atoms with E-state index in [2.05, 4.69) is 201 Å². The van der Waals surface area contributed by atoms with Gasteiger partial charge in [0.15, 0.2) is 5.58 Å². The first-order chi connectivity index (χ1) is 28.6. The van der Waals surface area contributed by atoms with E-state index in [0.29, 0.717) is 0 Å². The largest absolute Gasteiger partial charge is 0.456 e. The van der Waals surface area contributed by atoms with Crippen molar-refractivity contribution in [1.82, 2.24) is 0 Å². The molecule has 2 heterocycles. The van der Waals surface area contributed by atoms with E-state index in [1.54, 1.807) is 0 Å². The summed E-state index contributed by atoms with van der Waals surface area (Å²) in [6, 6.07) is 69.3. The summed E-state index contributed by atoms with van der Waals surface area (Å²) >= 11 is 0. The quantitative estimate of drug-likeness (QED) is 0.152. The van der Waals surface area contributed by atoms with Crippen molar-refractivity contribution in [3.63, 3.8) is 0 Å². The Morgan fingerprint density at radius 2 is 1.07 bits per heavy atom. The number of hydrogen-bond donors (Lipinski definition) is 0. The first kappa shape index (κ1) is 34.0. The summed E-state index contributed by atoms with van der Waals surface area (Å²) < 4.78 is 13.7. The van der Waals surface area contributed by atoms with Gasteiger partial charge in [0.2, 0.25) is 6.71 Å². The zero-order valence-corrected chi connectivity index (χ0v) is 32.3. The van der Waals surface area contributed by atoms with Crippen LogP contribution < -0.4 is 26.0 Å². The Bertz CT molecular complexity index is 3160.